The summed E-state index contributed by atoms with van der Waals surface area (Å²) in [5, 5.41) is 0.318. The van der Waals surface area contributed by atoms with E-state index in [4.69, 9.17) is 0 Å². The van der Waals surface area contributed by atoms with E-state index in [0.717, 1.165) is 35.3 Å². The lowest BCUT2D eigenvalue weighted by atomic mass is 10.0. The number of alkyl halides is 1. The van der Waals surface area contributed by atoms with Crippen LogP contribution in [0, 0.1) is 5.82 Å². The quantitative estimate of drug-likeness (QED) is 0.117. The van der Waals surface area contributed by atoms with Crippen LogP contribution in [0.25, 0.3) is 11.1 Å². The molecule has 1 heterocycles. The zero-order valence-electron chi connectivity index (χ0n) is 25.7. The Kier molecular flexibility index (Phi) is 12.6. The van der Waals surface area contributed by atoms with Crippen LogP contribution in [0.4, 0.5) is 8.78 Å². The molecule has 1 amide bonds. The molecule has 1 atom stereocenters. The molecule has 0 spiro atoms. The molecule has 1 unspecified atom stereocenters. The number of hydrogen-bond acceptors (Lipinski definition) is 6. The molecule has 0 bridgehead atoms. The number of hydrogen-bond donors (Lipinski definition) is 0. The first-order chi connectivity index (χ1) is 21.7. The summed E-state index contributed by atoms with van der Waals surface area (Å²) in [4.78, 5) is 34.8. The van der Waals surface area contributed by atoms with Crippen LogP contribution in [-0.4, -0.2) is 61.9 Å². The molecule has 0 radical (unpaired) electrons. The molecule has 1 aromatic heterocycles. The fourth-order valence-corrected chi connectivity index (χ4v) is 6.25. The molecule has 7 nitrogen and oxygen atoms in total. The average Bonchev–Trinajstić information content (AvgIpc) is 3.05. The Morgan fingerprint density at radius 1 is 0.889 bits per heavy atom. The van der Waals surface area contributed by atoms with Gasteiger partial charge in [0.1, 0.15) is 23.9 Å². The molecular weight excluding hydrogens is 615 g/mol. The van der Waals surface area contributed by atoms with Crippen molar-refractivity contribution in [2.24, 2.45) is 0 Å². The third-order valence-electron chi connectivity index (χ3n) is 7.53. The van der Waals surface area contributed by atoms with Crippen LogP contribution in [0.1, 0.15) is 30.5 Å². The lowest BCUT2D eigenvalue weighted by molar-refractivity contribution is -0.132. The van der Waals surface area contributed by atoms with Crippen LogP contribution in [0.3, 0.4) is 0 Å². The summed E-state index contributed by atoms with van der Waals surface area (Å²) in [7, 11) is -1.59. The second-order valence-corrected chi connectivity index (χ2v) is 12.9. The summed E-state index contributed by atoms with van der Waals surface area (Å²) in [6, 6.07) is 21.3. The highest BCUT2D eigenvalue weighted by atomic mass is 32.2. The highest BCUT2D eigenvalue weighted by molar-refractivity contribution is 7.98. The first-order valence-corrected chi connectivity index (χ1v) is 17.3. The summed E-state index contributed by atoms with van der Waals surface area (Å²) in [6.45, 7) is 6.83. The molecule has 0 N–H and O–H groups in total. The molecule has 0 saturated heterocycles. The molecule has 4 rings (SSSR count). The average molecular weight is 653 g/mol. The van der Waals surface area contributed by atoms with Crippen molar-refractivity contribution in [2.45, 2.75) is 49.4 Å². The number of amides is 1. The van der Waals surface area contributed by atoms with Gasteiger partial charge in [0.2, 0.25) is 5.91 Å². The molecule has 0 fully saturated rings. The first-order valence-electron chi connectivity index (χ1n) is 14.8. The van der Waals surface area contributed by atoms with Gasteiger partial charge >= 0.3 is 0 Å². The molecule has 0 aliphatic carbocycles. The minimum atomic E-state index is -1.59. The summed E-state index contributed by atoms with van der Waals surface area (Å²) >= 11 is 1.26. The van der Waals surface area contributed by atoms with E-state index in [2.05, 4.69) is 23.7 Å². The van der Waals surface area contributed by atoms with E-state index in [0.29, 0.717) is 36.1 Å². The number of likely N-dealkylation sites (N-methyl/N-ethyl adjacent to an activating group) is 1. The van der Waals surface area contributed by atoms with E-state index in [9.17, 15) is 22.6 Å². The second kappa shape index (κ2) is 16.6. The Bertz CT molecular complexity index is 1640. The molecular formula is C34H38F2N4O3S2. The topological polar surface area (TPSA) is 75.5 Å². The van der Waals surface area contributed by atoms with Gasteiger partial charge in [0, 0.05) is 37.8 Å². The van der Waals surface area contributed by atoms with Gasteiger partial charge in [-0.15, -0.1) is 0 Å². The van der Waals surface area contributed by atoms with E-state index in [-0.39, 0.29) is 23.2 Å². The van der Waals surface area contributed by atoms with Gasteiger partial charge in [-0.2, -0.15) is 4.98 Å². The molecule has 238 valence electrons. The minimum absolute atomic E-state index is 0.0266. The van der Waals surface area contributed by atoms with Crippen LogP contribution in [-0.2, 0) is 41.1 Å². The molecule has 0 aliphatic heterocycles. The second-order valence-electron chi connectivity index (χ2n) is 10.6. The van der Waals surface area contributed by atoms with Gasteiger partial charge in [-0.25, -0.2) is 8.78 Å². The van der Waals surface area contributed by atoms with Crippen LogP contribution in [0.15, 0.2) is 93.8 Å². The number of thioether (sulfide) groups is 1. The molecule has 4 aromatic rings. The van der Waals surface area contributed by atoms with Gasteiger partial charge in [-0.1, -0.05) is 86.3 Å². The van der Waals surface area contributed by atoms with Crippen LogP contribution < -0.4 is 5.56 Å². The zero-order chi connectivity index (χ0) is 32.3. The highest BCUT2D eigenvalue weighted by Crippen LogP contribution is 2.23. The van der Waals surface area contributed by atoms with Crippen molar-refractivity contribution in [3.05, 3.63) is 112 Å². The minimum Gasteiger partial charge on any atom is -0.336 e. The number of carbonyl (C=O) groups excluding carboxylic acids is 1. The maximum absolute atomic E-state index is 13.9. The van der Waals surface area contributed by atoms with Crippen molar-refractivity contribution in [2.75, 3.05) is 32.4 Å². The smallest absolute Gasteiger partial charge is 0.289 e. The number of nitrogens with zero attached hydrogens (tertiary/aromatic N) is 4. The third-order valence-corrected chi connectivity index (χ3v) is 9.49. The number of rotatable bonds is 15. The van der Waals surface area contributed by atoms with E-state index < -0.39 is 23.0 Å². The predicted molar refractivity (Wildman–Crippen MR) is 177 cm³/mol. The van der Waals surface area contributed by atoms with Crippen molar-refractivity contribution in [1.29, 1.82) is 0 Å². The largest absolute Gasteiger partial charge is 0.336 e. The Labute approximate surface area is 269 Å². The zero-order valence-corrected chi connectivity index (χ0v) is 27.4. The number of carbonyl (C=O) groups is 1. The van der Waals surface area contributed by atoms with Gasteiger partial charge in [-0.05, 0) is 53.0 Å². The van der Waals surface area contributed by atoms with Crippen LogP contribution in [0.2, 0.25) is 0 Å². The van der Waals surface area contributed by atoms with Crippen molar-refractivity contribution in [1.82, 2.24) is 19.4 Å². The number of aromatic nitrogens is 2. The lowest BCUT2D eigenvalue weighted by Gasteiger charge is -2.27. The molecule has 45 heavy (non-hydrogen) atoms. The van der Waals surface area contributed by atoms with Gasteiger partial charge in [-0.3, -0.25) is 13.8 Å². The van der Waals surface area contributed by atoms with Gasteiger partial charge < -0.3 is 14.4 Å². The van der Waals surface area contributed by atoms with Crippen molar-refractivity contribution in [3.63, 3.8) is 0 Å². The van der Waals surface area contributed by atoms with E-state index >= 15 is 0 Å². The summed E-state index contributed by atoms with van der Waals surface area (Å²) in [6.07, 6.45) is 2.87. The van der Waals surface area contributed by atoms with E-state index in [1.165, 1.54) is 36.3 Å². The summed E-state index contributed by atoms with van der Waals surface area (Å²) in [5.41, 5.74) is 3.79. The summed E-state index contributed by atoms with van der Waals surface area (Å²) < 4.78 is 40.2. The summed E-state index contributed by atoms with van der Waals surface area (Å²) in [5.74, 6) is -0.106. The Morgan fingerprint density at radius 2 is 1.47 bits per heavy atom. The van der Waals surface area contributed by atoms with Gasteiger partial charge in [0.15, 0.2) is 5.16 Å². The van der Waals surface area contributed by atoms with Gasteiger partial charge in [0.25, 0.3) is 5.56 Å². The Morgan fingerprint density at radius 3 is 2.02 bits per heavy atom. The highest BCUT2D eigenvalue weighted by Gasteiger charge is 2.20. The molecule has 0 aliphatic rings. The standard InChI is InChI=1S/C34H38F2N4O3S2/c1-4-38(5-2)18-19-39(21-26-8-14-29(15-9-26)28-12-6-25(20-35)7-13-28)32(41)23-40-22-31(45(3)43)33(42)37-34(40)44-24-27-10-16-30(36)17-11-27/h6-17,22H,4-5,18-21,23-24H2,1-3H3. The fraction of sp³-hybridized carbons (Fsp3) is 0.324. The van der Waals surface area contributed by atoms with Crippen molar-refractivity contribution in [3.8, 4) is 11.1 Å². The predicted octanol–water partition coefficient (Wildman–Crippen LogP) is 5.92. The number of benzene rings is 3. The third kappa shape index (κ3) is 9.66. The van der Waals surface area contributed by atoms with Crippen molar-refractivity contribution < 1.29 is 17.8 Å². The van der Waals surface area contributed by atoms with Crippen molar-refractivity contribution >= 4 is 28.5 Å². The van der Waals surface area contributed by atoms with E-state index in [1.807, 2.05) is 36.4 Å². The van der Waals surface area contributed by atoms with Crippen LogP contribution in [0.5, 0.6) is 0 Å². The molecule has 0 saturated carbocycles. The maximum Gasteiger partial charge on any atom is 0.289 e. The maximum atomic E-state index is 13.9. The first kappa shape index (κ1) is 34.2. The fourth-order valence-electron chi connectivity index (χ4n) is 4.76. The van der Waals surface area contributed by atoms with Crippen LogP contribution >= 0.6 is 11.8 Å². The normalized spacial score (nSPS) is 12.0. The Hall–Kier alpha value is -3.67. The lowest BCUT2D eigenvalue weighted by Crippen LogP contribution is -2.40. The SMILES string of the molecule is CCN(CC)CCN(Cc1ccc(-c2ccc(CF)cc2)cc1)C(=O)Cn1cc(S(C)=O)c(=O)nc1SCc1ccc(F)cc1. The number of halogens is 2. The molecule has 3 aromatic carbocycles. The van der Waals surface area contributed by atoms with Gasteiger partial charge in [0.05, 0.1) is 10.8 Å². The molecule has 11 heteroatoms. The monoisotopic (exact) mass is 652 g/mol. The Balaban J connectivity index is 1.57. The van der Waals surface area contributed by atoms with E-state index in [1.54, 1.807) is 33.7 Å².